The third-order valence-corrected chi connectivity index (χ3v) is 8.30. The summed E-state index contributed by atoms with van der Waals surface area (Å²) in [4.78, 5) is 9.08. The van der Waals surface area contributed by atoms with Gasteiger partial charge in [-0.3, -0.25) is 0 Å². The van der Waals surface area contributed by atoms with Crippen LogP contribution in [0.1, 0.15) is 11.1 Å². The Morgan fingerprint density at radius 2 is 0.769 bits per heavy atom. The Kier molecular flexibility index (Phi) is 19.0. The molecule has 0 saturated heterocycles. The Balaban J connectivity index is 0.000000688. The molecule has 0 spiro atoms. The average Bonchev–Trinajstić information content (AvgIpc) is 2.84. The van der Waals surface area contributed by atoms with Crippen LogP contribution >= 0.6 is 71.5 Å². The van der Waals surface area contributed by atoms with Gasteiger partial charge in [0.2, 0.25) is 0 Å². The quantitative estimate of drug-likeness (QED) is 0.191. The van der Waals surface area contributed by atoms with Crippen LogP contribution in [0.15, 0.2) is 117 Å². The lowest BCUT2D eigenvalue weighted by Gasteiger charge is -2.14. The van der Waals surface area contributed by atoms with Crippen molar-refractivity contribution in [3.05, 3.63) is 118 Å². The maximum absolute atomic E-state index is 6.20. The monoisotopic (exact) mass is 644 g/mol. The summed E-state index contributed by atoms with van der Waals surface area (Å²) in [5, 5.41) is 1.62. The fourth-order valence-electron chi connectivity index (χ4n) is 3.44. The zero-order valence-electron chi connectivity index (χ0n) is 22.4. The largest absolute Gasteiger partial charge is 0.412 e. The number of hydrogen-bond donors (Lipinski definition) is 0. The standard InChI is InChI=1S/2C15H16ClNS.2ClH.H2O/c2*1-17(2)11-12-7-3-5-9-14(12)18-15-10-6-4-8-13(15)16;;;/h2*3-10H,11H2,1-2H3;2*1H;1H2. The van der Waals surface area contributed by atoms with E-state index >= 15 is 0 Å². The molecule has 9 heteroatoms. The van der Waals surface area contributed by atoms with Crippen LogP contribution in [0, 0.1) is 0 Å². The van der Waals surface area contributed by atoms with E-state index in [1.165, 1.54) is 20.9 Å². The maximum atomic E-state index is 6.20. The first-order valence-electron chi connectivity index (χ1n) is 11.6. The first-order valence-corrected chi connectivity index (χ1v) is 14.0. The summed E-state index contributed by atoms with van der Waals surface area (Å²) >= 11 is 15.9. The summed E-state index contributed by atoms with van der Waals surface area (Å²) in [5.41, 5.74) is 2.65. The molecule has 0 radical (unpaired) electrons. The number of nitrogens with zero attached hydrogens (tertiary/aromatic N) is 2. The van der Waals surface area contributed by atoms with Crippen LogP contribution in [0.2, 0.25) is 10.0 Å². The van der Waals surface area contributed by atoms with E-state index in [-0.39, 0.29) is 30.3 Å². The van der Waals surface area contributed by atoms with Gasteiger partial charge in [-0.05, 0) is 75.7 Å². The van der Waals surface area contributed by atoms with Gasteiger partial charge >= 0.3 is 0 Å². The van der Waals surface area contributed by atoms with Gasteiger partial charge in [0.15, 0.2) is 0 Å². The number of halogens is 4. The third-order valence-electron chi connectivity index (χ3n) is 5.03. The summed E-state index contributed by atoms with van der Waals surface area (Å²) in [7, 11) is 8.32. The molecule has 0 aliphatic heterocycles. The Morgan fingerprint density at radius 3 is 1.08 bits per heavy atom. The molecule has 4 aromatic rings. The maximum Gasteiger partial charge on any atom is 0.0545 e. The molecule has 2 N–H and O–H groups in total. The highest BCUT2D eigenvalue weighted by Crippen LogP contribution is 2.36. The van der Waals surface area contributed by atoms with E-state index in [4.69, 9.17) is 23.2 Å². The smallest absolute Gasteiger partial charge is 0.0545 e. The van der Waals surface area contributed by atoms with E-state index in [1.54, 1.807) is 23.5 Å². The van der Waals surface area contributed by atoms with Crippen LogP contribution in [0.4, 0.5) is 0 Å². The molecule has 0 aliphatic carbocycles. The van der Waals surface area contributed by atoms with Crippen molar-refractivity contribution in [3.8, 4) is 0 Å². The van der Waals surface area contributed by atoms with Crippen molar-refractivity contribution in [1.82, 2.24) is 9.80 Å². The van der Waals surface area contributed by atoms with Gasteiger partial charge < -0.3 is 15.3 Å². The molecule has 4 rings (SSSR count). The van der Waals surface area contributed by atoms with Crippen LogP contribution in [0.3, 0.4) is 0 Å². The van der Waals surface area contributed by atoms with Crippen LogP contribution in [0.5, 0.6) is 0 Å². The molecule has 212 valence electrons. The van der Waals surface area contributed by atoms with Crippen LogP contribution in [-0.2, 0) is 13.1 Å². The molecule has 0 aromatic heterocycles. The Hall–Kier alpha value is -1.38. The van der Waals surface area contributed by atoms with Gasteiger partial charge in [0.25, 0.3) is 0 Å². The van der Waals surface area contributed by atoms with Gasteiger partial charge in [-0.2, -0.15) is 0 Å². The molecule has 0 heterocycles. The second-order valence-corrected chi connectivity index (χ2v) is 11.7. The molecule has 3 nitrogen and oxygen atoms in total. The van der Waals surface area contributed by atoms with Gasteiger partial charge in [-0.1, -0.05) is 107 Å². The molecular formula is C30H36Cl4N2OS2. The zero-order valence-corrected chi connectivity index (χ0v) is 27.2. The zero-order chi connectivity index (χ0) is 25.9. The van der Waals surface area contributed by atoms with Crippen LogP contribution in [-0.4, -0.2) is 43.5 Å². The molecule has 4 aromatic carbocycles. The van der Waals surface area contributed by atoms with E-state index < -0.39 is 0 Å². The highest BCUT2D eigenvalue weighted by atomic mass is 35.5. The van der Waals surface area contributed by atoms with Crippen molar-refractivity contribution >= 4 is 71.5 Å². The number of rotatable bonds is 8. The second kappa shape index (κ2) is 19.7. The second-order valence-electron chi connectivity index (χ2n) is 8.76. The lowest BCUT2D eigenvalue weighted by Crippen LogP contribution is -2.11. The summed E-state index contributed by atoms with van der Waals surface area (Å²) in [5.74, 6) is 0. The molecule has 0 unspecified atom stereocenters. The highest BCUT2D eigenvalue weighted by Gasteiger charge is 2.08. The van der Waals surface area contributed by atoms with Gasteiger partial charge in [0.05, 0.1) is 10.0 Å². The summed E-state index contributed by atoms with van der Waals surface area (Å²) in [6, 6.07) is 32.8. The molecule has 0 bridgehead atoms. The van der Waals surface area contributed by atoms with Crippen molar-refractivity contribution in [2.45, 2.75) is 32.7 Å². The van der Waals surface area contributed by atoms with Crippen molar-refractivity contribution in [1.29, 1.82) is 0 Å². The van der Waals surface area contributed by atoms with Crippen molar-refractivity contribution < 1.29 is 5.48 Å². The Bertz CT molecular complexity index is 1160. The molecule has 0 amide bonds. The minimum absolute atomic E-state index is 0. The number of hydrogen-bond acceptors (Lipinski definition) is 4. The summed E-state index contributed by atoms with van der Waals surface area (Å²) < 4.78 is 0. The van der Waals surface area contributed by atoms with Crippen LogP contribution < -0.4 is 0 Å². The van der Waals surface area contributed by atoms with E-state index in [9.17, 15) is 0 Å². The van der Waals surface area contributed by atoms with E-state index in [1.807, 2.05) is 36.4 Å². The fraction of sp³-hybridized carbons (Fsp3) is 0.200. The summed E-state index contributed by atoms with van der Waals surface area (Å²) in [6.45, 7) is 1.88. The molecule has 0 atom stereocenters. The minimum atomic E-state index is 0. The first-order chi connectivity index (χ1) is 17.3. The van der Waals surface area contributed by atoms with Gasteiger partial charge in [0, 0.05) is 32.7 Å². The molecule has 0 saturated carbocycles. The first kappa shape index (κ1) is 37.6. The molecule has 0 aliphatic rings. The lowest BCUT2D eigenvalue weighted by molar-refractivity contribution is 0.399. The Morgan fingerprint density at radius 1 is 0.487 bits per heavy atom. The van der Waals surface area contributed by atoms with Gasteiger partial charge in [0.1, 0.15) is 0 Å². The molecule has 39 heavy (non-hydrogen) atoms. The lowest BCUT2D eigenvalue weighted by atomic mass is 10.2. The average molecular weight is 647 g/mol. The van der Waals surface area contributed by atoms with Crippen molar-refractivity contribution in [2.75, 3.05) is 28.2 Å². The van der Waals surface area contributed by atoms with E-state index in [0.29, 0.717) is 0 Å². The van der Waals surface area contributed by atoms with Crippen molar-refractivity contribution in [3.63, 3.8) is 0 Å². The van der Waals surface area contributed by atoms with Crippen molar-refractivity contribution in [2.24, 2.45) is 0 Å². The molecule has 0 fully saturated rings. The minimum Gasteiger partial charge on any atom is -0.412 e. The molecular weight excluding hydrogens is 610 g/mol. The SMILES string of the molecule is CN(C)Cc1ccccc1Sc1ccccc1Cl.CN(C)Cc1ccccc1Sc1ccccc1Cl.Cl.Cl.O. The fourth-order valence-corrected chi connectivity index (χ4v) is 5.86. The van der Waals surface area contributed by atoms with Crippen LogP contribution in [0.25, 0.3) is 0 Å². The predicted molar refractivity (Wildman–Crippen MR) is 177 cm³/mol. The van der Waals surface area contributed by atoms with Gasteiger partial charge in [-0.25, -0.2) is 0 Å². The third kappa shape index (κ3) is 12.8. The van der Waals surface area contributed by atoms with E-state index in [0.717, 1.165) is 32.9 Å². The highest BCUT2D eigenvalue weighted by molar-refractivity contribution is 7.99. The van der Waals surface area contributed by atoms with Gasteiger partial charge in [-0.15, -0.1) is 24.8 Å². The normalized spacial score (nSPS) is 10.1. The number of benzene rings is 4. The van der Waals surface area contributed by atoms with E-state index in [2.05, 4.69) is 98.7 Å². The predicted octanol–water partition coefficient (Wildman–Crippen LogP) is 9.12. The summed E-state index contributed by atoms with van der Waals surface area (Å²) in [6.07, 6.45) is 0. The Labute approximate surface area is 264 Å². The topological polar surface area (TPSA) is 38.0 Å².